The first-order chi connectivity index (χ1) is 11.6. The molecular weight excluding hydrogens is 320 g/mol. The van der Waals surface area contributed by atoms with E-state index in [0.29, 0.717) is 12.5 Å². The number of hydrogen-bond donors (Lipinski definition) is 2. The van der Waals surface area contributed by atoms with E-state index in [2.05, 4.69) is 29.7 Å². The zero-order valence-corrected chi connectivity index (χ0v) is 14.9. The third kappa shape index (κ3) is 5.49. The smallest absolute Gasteiger partial charge is 0.222 e. The van der Waals surface area contributed by atoms with Gasteiger partial charge in [0.05, 0.1) is 12.5 Å². The first-order valence-corrected chi connectivity index (χ1v) is 9.10. The van der Waals surface area contributed by atoms with Gasteiger partial charge in [0.1, 0.15) is 0 Å². The lowest BCUT2D eigenvalue weighted by molar-refractivity contribution is -0.122. The van der Waals surface area contributed by atoms with Crippen LogP contribution in [0.15, 0.2) is 47.8 Å². The van der Waals surface area contributed by atoms with Crippen molar-refractivity contribution in [1.29, 1.82) is 0 Å². The molecule has 2 atom stereocenters. The second-order valence-electron chi connectivity index (χ2n) is 5.79. The third-order valence-corrected chi connectivity index (χ3v) is 4.95. The molecule has 24 heavy (non-hydrogen) atoms. The van der Waals surface area contributed by atoms with Crippen LogP contribution in [0.3, 0.4) is 0 Å². The van der Waals surface area contributed by atoms with Crippen molar-refractivity contribution in [3.05, 3.63) is 58.3 Å². The summed E-state index contributed by atoms with van der Waals surface area (Å²) in [6, 6.07) is 13.8. The summed E-state index contributed by atoms with van der Waals surface area (Å²) in [5.74, 6) is 0.129. The minimum Gasteiger partial charge on any atom is -0.355 e. The van der Waals surface area contributed by atoms with Crippen LogP contribution in [-0.4, -0.2) is 18.4 Å². The molecule has 0 saturated carbocycles. The molecule has 0 aliphatic rings. The van der Waals surface area contributed by atoms with Crippen molar-refractivity contribution >= 4 is 23.2 Å². The number of nitrogens with one attached hydrogen (secondary N) is 2. The van der Waals surface area contributed by atoms with E-state index in [4.69, 9.17) is 0 Å². The zero-order valence-electron chi connectivity index (χ0n) is 14.1. The highest BCUT2D eigenvalue weighted by molar-refractivity contribution is 7.10. The van der Waals surface area contributed by atoms with Gasteiger partial charge in [-0.2, -0.15) is 0 Å². The van der Waals surface area contributed by atoms with E-state index in [1.165, 1.54) is 12.5 Å². The van der Waals surface area contributed by atoms with Gasteiger partial charge in [-0.25, -0.2) is 0 Å². The van der Waals surface area contributed by atoms with E-state index in [1.807, 2.05) is 35.7 Å². The molecule has 0 radical (unpaired) electrons. The lowest BCUT2D eigenvalue weighted by atomic mass is 9.96. The second kappa shape index (κ2) is 9.23. The number of carbonyl (C=O) groups excluding carboxylic acids is 2. The topological polar surface area (TPSA) is 58.2 Å². The van der Waals surface area contributed by atoms with E-state index >= 15 is 0 Å². The molecule has 128 valence electrons. The van der Waals surface area contributed by atoms with Crippen LogP contribution in [0.2, 0.25) is 0 Å². The van der Waals surface area contributed by atoms with E-state index in [-0.39, 0.29) is 24.3 Å². The number of thiophene rings is 1. The fourth-order valence-corrected chi connectivity index (χ4v) is 3.45. The average molecular weight is 344 g/mol. The van der Waals surface area contributed by atoms with Gasteiger partial charge in [-0.3, -0.25) is 9.59 Å². The molecule has 0 aliphatic carbocycles. The van der Waals surface area contributed by atoms with Crippen molar-refractivity contribution in [2.24, 2.45) is 0 Å². The number of amides is 2. The first kappa shape index (κ1) is 18.2. The first-order valence-electron chi connectivity index (χ1n) is 8.22. The summed E-state index contributed by atoms with van der Waals surface area (Å²) in [6.07, 6.45) is 1.22. The van der Waals surface area contributed by atoms with E-state index < -0.39 is 0 Å². The van der Waals surface area contributed by atoms with Crippen LogP contribution < -0.4 is 10.6 Å². The van der Waals surface area contributed by atoms with Crippen LogP contribution >= 0.6 is 11.3 Å². The molecule has 2 N–H and O–H groups in total. The lowest BCUT2D eigenvalue weighted by Gasteiger charge is -2.19. The van der Waals surface area contributed by atoms with Gasteiger partial charge in [0.15, 0.2) is 0 Å². The SMILES string of the molecule is CC[C@@H](CNC(=O)C[C@@H](NC(C)=O)c1cccs1)c1ccccc1. The summed E-state index contributed by atoms with van der Waals surface area (Å²) >= 11 is 1.55. The van der Waals surface area contributed by atoms with E-state index in [1.54, 1.807) is 11.3 Å². The van der Waals surface area contributed by atoms with Gasteiger partial charge in [0.2, 0.25) is 11.8 Å². The Morgan fingerprint density at radius 2 is 1.88 bits per heavy atom. The molecular formula is C19H24N2O2S. The van der Waals surface area contributed by atoms with Crippen molar-refractivity contribution < 1.29 is 9.59 Å². The van der Waals surface area contributed by atoms with E-state index in [9.17, 15) is 9.59 Å². The monoisotopic (exact) mass is 344 g/mol. The Hall–Kier alpha value is -2.14. The molecule has 1 aromatic carbocycles. The Morgan fingerprint density at radius 1 is 1.12 bits per heavy atom. The van der Waals surface area contributed by atoms with Gasteiger partial charge in [0.25, 0.3) is 0 Å². The molecule has 0 unspecified atom stereocenters. The Kier molecular flexibility index (Phi) is 7.00. The average Bonchev–Trinajstić information content (AvgIpc) is 3.10. The highest BCUT2D eigenvalue weighted by Crippen LogP contribution is 2.22. The Balaban J connectivity index is 1.92. The van der Waals surface area contributed by atoms with Crippen LogP contribution in [-0.2, 0) is 9.59 Å². The molecule has 0 fully saturated rings. The highest BCUT2D eigenvalue weighted by Gasteiger charge is 2.19. The molecule has 0 bridgehead atoms. The van der Waals surface area contributed by atoms with Crippen molar-refractivity contribution in [1.82, 2.24) is 10.6 Å². The number of hydrogen-bond acceptors (Lipinski definition) is 3. The van der Waals surface area contributed by atoms with Crippen LogP contribution in [0.4, 0.5) is 0 Å². The third-order valence-electron chi connectivity index (χ3n) is 3.96. The maximum absolute atomic E-state index is 12.3. The molecule has 1 heterocycles. The maximum atomic E-state index is 12.3. The van der Waals surface area contributed by atoms with Crippen molar-refractivity contribution in [2.75, 3.05) is 6.54 Å². The lowest BCUT2D eigenvalue weighted by Crippen LogP contribution is -2.34. The Labute approximate surface area is 147 Å². The molecule has 2 rings (SSSR count). The summed E-state index contributed by atoms with van der Waals surface area (Å²) < 4.78 is 0. The minimum atomic E-state index is -0.265. The molecule has 1 aromatic heterocycles. The number of benzene rings is 1. The largest absolute Gasteiger partial charge is 0.355 e. The van der Waals surface area contributed by atoms with Gasteiger partial charge in [-0.05, 0) is 23.4 Å². The summed E-state index contributed by atoms with van der Waals surface area (Å²) in [5.41, 5.74) is 1.23. The Morgan fingerprint density at radius 3 is 2.46 bits per heavy atom. The van der Waals surface area contributed by atoms with Gasteiger partial charge >= 0.3 is 0 Å². The van der Waals surface area contributed by atoms with Crippen LogP contribution in [0.1, 0.15) is 49.1 Å². The Bertz CT molecular complexity index is 641. The summed E-state index contributed by atoms with van der Waals surface area (Å²) in [6.45, 7) is 4.20. The van der Waals surface area contributed by atoms with Gasteiger partial charge < -0.3 is 10.6 Å². The van der Waals surface area contributed by atoms with Gasteiger partial charge in [-0.1, -0.05) is 43.3 Å². The standard InChI is InChI=1S/C19H24N2O2S/c1-3-15(16-8-5-4-6-9-16)13-20-19(23)12-17(21-14(2)22)18-10-7-11-24-18/h4-11,15,17H,3,12-13H2,1-2H3,(H,20,23)(H,21,22)/t15-,17+/m0/s1. The normalized spacial score (nSPS) is 13.1. The summed E-state index contributed by atoms with van der Waals surface area (Å²) in [4.78, 5) is 24.7. The van der Waals surface area contributed by atoms with Gasteiger partial charge in [0, 0.05) is 24.3 Å². The van der Waals surface area contributed by atoms with Crippen LogP contribution in [0.5, 0.6) is 0 Å². The summed E-state index contributed by atoms with van der Waals surface area (Å²) in [5, 5.41) is 7.82. The molecule has 4 nitrogen and oxygen atoms in total. The number of carbonyl (C=O) groups is 2. The molecule has 2 aromatic rings. The summed E-state index contributed by atoms with van der Waals surface area (Å²) in [7, 11) is 0. The molecule has 0 aliphatic heterocycles. The van der Waals surface area contributed by atoms with Crippen LogP contribution in [0, 0.1) is 0 Å². The highest BCUT2D eigenvalue weighted by atomic mass is 32.1. The van der Waals surface area contributed by atoms with Crippen LogP contribution in [0.25, 0.3) is 0 Å². The quantitative estimate of drug-likeness (QED) is 0.768. The predicted octanol–water partition coefficient (Wildman–Crippen LogP) is 3.63. The van der Waals surface area contributed by atoms with E-state index in [0.717, 1.165) is 11.3 Å². The fourth-order valence-electron chi connectivity index (χ4n) is 2.68. The van der Waals surface area contributed by atoms with Gasteiger partial charge in [-0.15, -0.1) is 11.3 Å². The minimum absolute atomic E-state index is 0.0449. The zero-order chi connectivity index (χ0) is 17.4. The number of rotatable bonds is 8. The molecule has 0 spiro atoms. The molecule has 2 amide bonds. The molecule has 5 heteroatoms. The second-order valence-corrected chi connectivity index (χ2v) is 6.77. The molecule has 0 saturated heterocycles. The maximum Gasteiger partial charge on any atom is 0.222 e. The fraction of sp³-hybridized carbons (Fsp3) is 0.368. The van der Waals surface area contributed by atoms with Crippen molar-refractivity contribution in [3.8, 4) is 0 Å². The van der Waals surface area contributed by atoms with Crippen molar-refractivity contribution in [2.45, 2.75) is 38.6 Å². The van der Waals surface area contributed by atoms with Crippen molar-refractivity contribution in [3.63, 3.8) is 0 Å². The predicted molar refractivity (Wildman–Crippen MR) is 98.0 cm³/mol.